The molecule has 0 radical (unpaired) electrons. The van der Waals surface area contributed by atoms with Crippen molar-refractivity contribution < 1.29 is 83.5 Å². The van der Waals surface area contributed by atoms with Gasteiger partial charge in [-0.2, -0.15) is 44.6 Å². The molecule has 1 atom stereocenters. The molecule has 2 aromatic carbocycles. The molecule has 1 unspecified atom stereocenters. The number of carbonyl (C=O) groups is 4. The summed E-state index contributed by atoms with van der Waals surface area (Å²) in [5.74, 6) is -7.03. The van der Waals surface area contributed by atoms with Gasteiger partial charge in [-0.05, 0) is 62.0 Å². The number of carboxylic acids is 3. The first kappa shape index (κ1) is 46.3. The van der Waals surface area contributed by atoms with Gasteiger partial charge in [-0.25, -0.2) is 14.4 Å². The molecule has 0 aliphatic carbocycles. The average molecular weight is 792 g/mol. The monoisotopic (exact) mass is 791 g/mol. The number of hydrogen-bond donors (Lipinski definition) is 5. The van der Waals surface area contributed by atoms with Gasteiger partial charge < -0.3 is 39.9 Å². The fourth-order valence-electron chi connectivity index (χ4n) is 3.91. The Balaban J connectivity index is 0.000000566. The summed E-state index contributed by atoms with van der Waals surface area (Å²) >= 11 is 0. The summed E-state index contributed by atoms with van der Waals surface area (Å²) in [5.41, 5.74) is 4.77. The van der Waals surface area contributed by atoms with Crippen LogP contribution >= 0.6 is 0 Å². The predicted molar refractivity (Wildman–Crippen MR) is 171 cm³/mol. The molecule has 2 heterocycles. The Morgan fingerprint density at radius 1 is 0.852 bits per heavy atom. The number of hydrogen-bond acceptors (Lipinski definition) is 9. The highest BCUT2D eigenvalue weighted by Gasteiger charge is 2.39. The number of H-pyrrole nitrogens is 1. The highest BCUT2D eigenvalue weighted by atomic mass is 19.4. The third-order valence-corrected chi connectivity index (χ3v) is 6.65. The maximum Gasteiger partial charge on any atom is 0.490 e. The van der Waals surface area contributed by atoms with Crippen molar-refractivity contribution in [3.8, 4) is 22.6 Å². The number of carbonyl (C=O) groups excluding carboxylic acids is 1. The van der Waals surface area contributed by atoms with Crippen LogP contribution in [-0.2, 0) is 25.6 Å². The van der Waals surface area contributed by atoms with Crippen molar-refractivity contribution in [1.29, 1.82) is 0 Å². The van der Waals surface area contributed by atoms with Crippen LogP contribution in [0, 0.1) is 5.92 Å². The zero-order valence-electron chi connectivity index (χ0n) is 28.6. The van der Waals surface area contributed by atoms with Crippen molar-refractivity contribution in [2.75, 3.05) is 58.2 Å². The number of amides is 1. The van der Waals surface area contributed by atoms with Crippen molar-refractivity contribution in [2.24, 2.45) is 5.92 Å². The van der Waals surface area contributed by atoms with Crippen LogP contribution in [0.3, 0.4) is 0 Å². The minimum atomic E-state index is -5.08. The van der Waals surface area contributed by atoms with Crippen LogP contribution in [0.5, 0.6) is 11.5 Å². The fraction of sp³-hybridized carbons (Fsp3) is 0.387. The number of carboxylic acid groups (broad SMARTS) is 3. The molecule has 0 saturated heterocycles. The minimum absolute atomic E-state index is 0.0539. The molecule has 0 saturated carbocycles. The number of halogens is 9. The van der Waals surface area contributed by atoms with Gasteiger partial charge in [-0.1, -0.05) is 6.07 Å². The van der Waals surface area contributed by atoms with Crippen molar-refractivity contribution in [1.82, 2.24) is 15.1 Å². The average Bonchev–Trinajstić information content (AvgIpc) is 3.61. The predicted octanol–water partition coefficient (Wildman–Crippen LogP) is 5.17. The number of ether oxygens (including phenoxy) is 2. The van der Waals surface area contributed by atoms with Gasteiger partial charge in [-0.3, -0.25) is 9.89 Å². The van der Waals surface area contributed by atoms with Crippen molar-refractivity contribution in [2.45, 2.75) is 24.9 Å². The van der Waals surface area contributed by atoms with Crippen LogP contribution in [0.25, 0.3) is 11.1 Å². The van der Waals surface area contributed by atoms with Crippen molar-refractivity contribution >= 4 is 35.2 Å². The van der Waals surface area contributed by atoms with Gasteiger partial charge in [0, 0.05) is 31.9 Å². The molecule has 14 nitrogen and oxygen atoms in total. The standard InChI is InChI=1S/C25H31N5O3.3C2HF3O2/c1-29(2)9-10-30(3)23-13-17(20-14-26-27-15-20)5-7-22(23)28-25(31)19-11-18-12-21(32-4)6-8-24(18)33-16-19;3*3-2(4,5)1(6)7/h5-8,12-15,19H,9-11,16H2,1-4H3,(H,26,27)(H,28,31);3*(H,6,7). The smallest absolute Gasteiger partial charge is 0.490 e. The fourth-order valence-corrected chi connectivity index (χ4v) is 3.91. The molecule has 1 aliphatic rings. The summed E-state index contributed by atoms with van der Waals surface area (Å²) in [7, 11) is 7.78. The van der Waals surface area contributed by atoms with E-state index in [1.165, 1.54) is 0 Å². The van der Waals surface area contributed by atoms with Crippen LogP contribution in [-0.4, -0.2) is 121 Å². The second kappa shape index (κ2) is 19.9. The van der Waals surface area contributed by atoms with Crippen LogP contribution < -0.4 is 19.7 Å². The van der Waals surface area contributed by atoms with Crippen LogP contribution in [0.15, 0.2) is 48.8 Å². The maximum absolute atomic E-state index is 13.2. The van der Waals surface area contributed by atoms with E-state index in [1.807, 2.05) is 57.7 Å². The largest absolute Gasteiger partial charge is 0.497 e. The molecule has 5 N–H and O–H groups in total. The SMILES string of the molecule is COc1ccc2c(c1)CC(C(=O)Nc1ccc(-c3cn[nH]c3)cc1N(C)CCN(C)C)CO2.O=C(O)C(F)(F)F.O=C(O)C(F)(F)F.O=C(O)C(F)(F)F. The lowest BCUT2D eigenvalue weighted by Crippen LogP contribution is -2.33. The van der Waals surface area contributed by atoms with Crippen LogP contribution in [0.1, 0.15) is 5.56 Å². The van der Waals surface area contributed by atoms with E-state index in [1.54, 1.807) is 13.3 Å². The van der Waals surface area contributed by atoms with Gasteiger partial charge in [0.1, 0.15) is 18.1 Å². The van der Waals surface area contributed by atoms with E-state index in [-0.39, 0.29) is 11.8 Å². The number of anilines is 2. The topological polar surface area (TPSA) is 195 Å². The molecule has 1 aromatic heterocycles. The van der Waals surface area contributed by atoms with Gasteiger partial charge in [-0.15, -0.1) is 0 Å². The number of nitrogens with one attached hydrogen (secondary N) is 2. The van der Waals surface area contributed by atoms with E-state index in [4.69, 9.17) is 39.2 Å². The van der Waals surface area contributed by atoms with E-state index >= 15 is 0 Å². The number of fused-ring (bicyclic) bond motifs is 1. The Kier molecular flexibility index (Phi) is 17.1. The molecule has 0 spiro atoms. The number of aromatic amines is 1. The first-order valence-corrected chi connectivity index (χ1v) is 14.8. The van der Waals surface area contributed by atoms with E-state index in [0.29, 0.717) is 13.0 Å². The van der Waals surface area contributed by atoms with Gasteiger partial charge in [0.15, 0.2) is 0 Å². The van der Waals surface area contributed by atoms with E-state index in [9.17, 15) is 44.3 Å². The molecule has 0 bridgehead atoms. The molecule has 3 aromatic rings. The van der Waals surface area contributed by atoms with Gasteiger partial charge in [0.2, 0.25) is 5.91 Å². The first-order chi connectivity index (χ1) is 24.8. The second-order valence-electron chi connectivity index (χ2n) is 11.0. The van der Waals surface area contributed by atoms with E-state index in [2.05, 4.69) is 31.4 Å². The Morgan fingerprint density at radius 3 is 1.83 bits per heavy atom. The normalized spacial score (nSPS) is 13.6. The molecular weight excluding hydrogens is 757 g/mol. The van der Waals surface area contributed by atoms with E-state index < -0.39 is 36.4 Å². The highest BCUT2D eigenvalue weighted by Crippen LogP contribution is 2.34. The number of nitrogens with zero attached hydrogens (tertiary/aromatic N) is 3. The van der Waals surface area contributed by atoms with Crippen LogP contribution in [0.2, 0.25) is 0 Å². The Labute approximate surface area is 300 Å². The first-order valence-electron chi connectivity index (χ1n) is 14.8. The van der Waals surface area contributed by atoms with Gasteiger partial charge >= 0.3 is 36.4 Å². The summed E-state index contributed by atoms with van der Waals surface area (Å²) in [5, 5.41) is 31.4. The third kappa shape index (κ3) is 15.9. The lowest BCUT2D eigenvalue weighted by atomic mass is 9.95. The summed E-state index contributed by atoms with van der Waals surface area (Å²) in [6.07, 6.45) is -11.0. The lowest BCUT2D eigenvalue weighted by molar-refractivity contribution is -0.193. The zero-order valence-corrected chi connectivity index (χ0v) is 28.6. The number of aliphatic carboxylic acids is 3. The van der Waals surface area contributed by atoms with Crippen LogP contribution in [0.4, 0.5) is 50.9 Å². The number of likely N-dealkylation sites (N-methyl/N-ethyl adjacent to an activating group) is 2. The minimum Gasteiger partial charge on any atom is -0.497 e. The van der Waals surface area contributed by atoms with Crippen molar-refractivity contribution in [3.63, 3.8) is 0 Å². The Morgan fingerprint density at radius 2 is 1.39 bits per heavy atom. The Bertz CT molecular complexity index is 1640. The summed E-state index contributed by atoms with van der Waals surface area (Å²) in [4.78, 5) is 44.2. The molecular formula is C31H34F9N5O9. The molecule has 23 heteroatoms. The molecule has 54 heavy (non-hydrogen) atoms. The Hall–Kier alpha value is -5.74. The molecule has 4 rings (SSSR count). The zero-order chi connectivity index (χ0) is 41.6. The second-order valence-corrected chi connectivity index (χ2v) is 11.0. The number of aromatic nitrogens is 2. The quantitative estimate of drug-likeness (QED) is 0.188. The highest BCUT2D eigenvalue weighted by molar-refractivity contribution is 5.97. The maximum atomic E-state index is 13.2. The third-order valence-electron chi connectivity index (χ3n) is 6.65. The number of benzene rings is 2. The number of rotatable bonds is 8. The summed E-state index contributed by atoms with van der Waals surface area (Å²) in [6, 6.07) is 11.8. The number of alkyl halides is 9. The molecule has 1 amide bonds. The van der Waals surface area contributed by atoms with E-state index in [0.717, 1.165) is 52.7 Å². The van der Waals surface area contributed by atoms with Gasteiger partial charge in [0.25, 0.3) is 0 Å². The summed E-state index contributed by atoms with van der Waals surface area (Å²) < 4.78 is 106. The molecule has 1 aliphatic heterocycles. The molecule has 300 valence electrons. The summed E-state index contributed by atoms with van der Waals surface area (Å²) in [6.45, 7) is 2.07. The van der Waals surface area contributed by atoms with Crippen molar-refractivity contribution in [3.05, 3.63) is 54.4 Å². The molecule has 0 fully saturated rings. The van der Waals surface area contributed by atoms with Gasteiger partial charge in [0.05, 0.1) is 30.6 Å². The lowest BCUT2D eigenvalue weighted by Gasteiger charge is -2.27. The number of methoxy groups -OCH3 is 1.